The third kappa shape index (κ3) is 2.50. The SMILES string of the molecule is C[C@@]12[C@H]3CC[C@@H]1[C@H](Oc1ccccn1)C[N@+]2(Cc1ccc2ccccc2c1)CC3. The summed E-state index contributed by atoms with van der Waals surface area (Å²) < 4.78 is 7.71. The molecule has 3 fully saturated rings. The van der Waals surface area contributed by atoms with Gasteiger partial charge in [0.2, 0.25) is 5.88 Å². The fourth-order valence-corrected chi connectivity index (χ4v) is 7.10. The fourth-order valence-electron chi connectivity index (χ4n) is 7.10. The summed E-state index contributed by atoms with van der Waals surface area (Å²) >= 11 is 0. The van der Waals surface area contributed by atoms with Gasteiger partial charge in [-0.15, -0.1) is 0 Å². The number of quaternary nitrogens is 1. The van der Waals surface area contributed by atoms with E-state index in [1.165, 1.54) is 46.6 Å². The molecule has 5 atom stereocenters. The molecule has 1 saturated carbocycles. The molecule has 3 aromatic rings. The summed E-state index contributed by atoms with van der Waals surface area (Å²) in [6, 6.07) is 21.8. The topological polar surface area (TPSA) is 22.1 Å². The van der Waals surface area contributed by atoms with Gasteiger partial charge >= 0.3 is 0 Å². The molecule has 0 radical (unpaired) electrons. The van der Waals surface area contributed by atoms with Gasteiger partial charge in [-0.3, -0.25) is 0 Å². The van der Waals surface area contributed by atoms with Crippen molar-refractivity contribution in [2.45, 2.75) is 44.4 Å². The number of hydrogen-bond donors (Lipinski definition) is 0. The predicted molar refractivity (Wildman–Crippen MR) is 116 cm³/mol. The first-order valence-corrected chi connectivity index (χ1v) is 11.1. The van der Waals surface area contributed by atoms with Crippen molar-refractivity contribution >= 4 is 10.8 Å². The second-order valence-electron chi connectivity index (χ2n) is 9.61. The minimum Gasteiger partial charge on any atom is -0.468 e. The number of hydrogen-bond acceptors (Lipinski definition) is 2. The van der Waals surface area contributed by atoms with Crippen molar-refractivity contribution in [1.29, 1.82) is 0 Å². The van der Waals surface area contributed by atoms with E-state index >= 15 is 0 Å². The van der Waals surface area contributed by atoms with Gasteiger partial charge in [-0.2, -0.15) is 0 Å². The molecular formula is C26H29N2O+. The lowest BCUT2D eigenvalue weighted by Crippen LogP contribution is -2.57. The lowest BCUT2D eigenvalue weighted by Gasteiger charge is -2.43. The van der Waals surface area contributed by atoms with Crippen LogP contribution in [0.15, 0.2) is 66.9 Å². The monoisotopic (exact) mass is 385 g/mol. The maximum absolute atomic E-state index is 6.51. The van der Waals surface area contributed by atoms with E-state index < -0.39 is 0 Å². The molecule has 0 bridgehead atoms. The van der Waals surface area contributed by atoms with Gasteiger partial charge in [0.05, 0.1) is 12.5 Å². The van der Waals surface area contributed by atoms with Crippen molar-refractivity contribution in [3.05, 3.63) is 72.4 Å². The Balaban J connectivity index is 1.35. The van der Waals surface area contributed by atoms with Crippen LogP contribution < -0.4 is 4.74 Å². The predicted octanol–water partition coefficient (Wildman–Crippen LogP) is 5.20. The highest BCUT2D eigenvalue weighted by molar-refractivity contribution is 5.82. The summed E-state index contributed by atoms with van der Waals surface area (Å²) in [6.07, 6.45) is 6.15. The molecule has 3 nitrogen and oxygen atoms in total. The quantitative estimate of drug-likeness (QED) is 0.576. The Morgan fingerprint density at radius 1 is 1.00 bits per heavy atom. The number of nitrogens with zero attached hydrogens (tertiary/aromatic N) is 2. The van der Waals surface area contributed by atoms with E-state index in [0.717, 1.165) is 24.9 Å². The standard InChI is InChI=1S/C26H29N2O/c1-26-22-11-12-23(26)24(29-25-8-4-5-14-27-25)18-28(26,15-13-22)17-19-9-10-20-6-2-3-7-21(20)16-19/h2-10,14,16,22-24H,11-13,15,17-18H2,1H3/q+1/t22-,23+,24+,26+,28+/m0/s1. The van der Waals surface area contributed by atoms with Gasteiger partial charge in [-0.1, -0.05) is 42.5 Å². The van der Waals surface area contributed by atoms with Gasteiger partial charge in [0, 0.05) is 30.2 Å². The molecule has 0 unspecified atom stereocenters. The second kappa shape index (κ2) is 6.30. The van der Waals surface area contributed by atoms with Gasteiger partial charge in [0.15, 0.2) is 6.10 Å². The van der Waals surface area contributed by atoms with Crippen molar-refractivity contribution in [2.75, 3.05) is 13.1 Å². The number of benzene rings is 2. The smallest absolute Gasteiger partial charge is 0.213 e. The first-order chi connectivity index (χ1) is 14.2. The van der Waals surface area contributed by atoms with Crippen molar-refractivity contribution in [2.24, 2.45) is 11.8 Å². The summed E-state index contributed by atoms with van der Waals surface area (Å²) in [6.45, 7) is 6.09. The van der Waals surface area contributed by atoms with Crippen LogP contribution in [-0.2, 0) is 6.54 Å². The number of aromatic nitrogens is 1. The molecule has 0 amide bonds. The molecule has 0 N–H and O–H groups in total. The molecule has 3 heteroatoms. The van der Waals surface area contributed by atoms with E-state index in [4.69, 9.17) is 4.74 Å². The average Bonchev–Trinajstić information content (AvgIpc) is 3.31. The van der Waals surface area contributed by atoms with Crippen LogP contribution in [0.25, 0.3) is 10.8 Å². The molecule has 2 aromatic carbocycles. The summed E-state index contributed by atoms with van der Waals surface area (Å²) in [7, 11) is 0. The van der Waals surface area contributed by atoms with Gasteiger partial charge in [-0.05, 0) is 42.7 Å². The number of ether oxygens (including phenoxy) is 1. The minimum atomic E-state index is 0.278. The zero-order valence-corrected chi connectivity index (χ0v) is 17.1. The maximum Gasteiger partial charge on any atom is 0.213 e. The third-order valence-corrected chi connectivity index (χ3v) is 8.52. The Kier molecular flexibility index (Phi) is 3.80. The van der Waals surface area contributed by atoms with Crippen LogP contribution >= 0.6 is 0 Å². The van der Waals surface area contributed by atoms with Crippen molar-refractivity contribution in [3.63, 3.8) is 0 Å². The highest BCUT2D eigenvalue weighted by Gasteiger charge is 2.71. The molecule has 2 aliphatic heterocycles. The minimum absolute atomic E-state index is 0.278. The maximum atomic E-state index is 6.51. The Morgan fingerprint density at radius 3 is 2.72 bits per heavy atom. The highest BCUT2D eigenvalue weighted by Crippen LogP contribution is 2.61. The molecule has 2 saturated heterocycles. The molecule has 6 rings (SSSR count). The molecule has 1 aromatic heterocycles. The van der Waals surface area contributed by atoms with Crippen molar-refractivity contribution in [1.82, 2.24) is 4.98 Å². The first kappa shape index (κ1) is 17.5. The molecule has 0 spiro atoms. The van der Waals surface area contributed by atoms with E-state index in [9.17, 15) is 0 Å². The lowest BCUT2D eigenvalue weighted by atomic mass is 9.83. The summed E-state index contributed by atoms with van der Waals surface area (Å²) in [4.78, 5) is 4.45. The van der Waals surface area contributed by atoms with E-state index in [2.05, 4.69) is 54.4 Å². The zero-order chi connectivity index (χ0) is 19.5. The summed E-state index contributed by atoms with van der Waals surface area (Å²) in [5.41, 5.74) is 1.81. The van der Waals surface area contributed by atoms with Crippen LogP contribution in [0.4, 0.5) is 0 Å². The van der Waals surface area contributed by atoms with Crippen LogP contribution in [-0.4, -0.2) is 34.2 Å². The number of rotatable bonds is 4. The van der Waals surface area contributed by atoms with Crippen LogP contribution in [0, 0.1) is 11.8 Å². The highest BCUT2D eigenvalue weighted by atomic mass is 16.5. The molecule has 3 heterocycles. The Labute approximate surface area is 172 Å². The van der Waals surface area contributed by atoms with E-state index in [0.29, 0.717) is 11.5 Å². The van der Waals surface area contributed by atoms with E-state index in [1.807, 2.05) is 24.4 Å². The Bertz CT molecular complexity index is 1050. The largest absolute Gasteiger partial charge is 0.468 e. The Hall–Kier alpha value is -2.39. The zero-order valence-electron chi connectivity index (χ0n) is 17.1. The van der Waals surface area contributed by atoms with Crippen molar-refractivity contribution < 1.29 is 9.22 Å². The van der Waals surface area contributed by atoms with Crippen LogP contribution in [0.3, 0.4) is 0 Å². The summed E-state index contributed by atoms with van der Waals surface area (Å²) in [5.74, 6) is 2.26. The van der Waals surface area contributed by atoms with Crippen LogP contribution in [0.5, 0.6) is 5.88 Å². The van der Waals surface area contributed by atoms with Crippen molar-refractivity contribution in [3.8, 4) is 5.88 Å². The van der Waals surface area contributed by atoms with Gasteiger partial charge in [-0.25, -0.2) is 4.98 Å². The van der Waals surface area contributed by atoms with Gasteiger partial charge in [0.25, 0.3) is 0 Å². The normalized spacial score (nSPS) is 35.1. The Morgan fingerprint density at radius 2 is 1.86 bits per heavy atom. The van der Waals surface area contributed by atoms with E-state index in [1.54, 1.807) is 0 Å². The molecular weight excluding hydrogens is 356 g/mol. The van der Waals surface area contributed by atoms with Crippen LogP contribution in [0.1, 0.15) is 31.7 Å². The molecule has 29 heavy (non-hydrogen) atoms. The summed E-state index contributed by atoms with van der Waals surface area (Å²) in [5, 5.41) is 2.69. The van der Waals surface area contributed by atoms with Gasteiger partial charge in [0.1, 0.15) is 18.6 Å². The van der Waals surface area contributed by atoms with Gasteiger partial charge < -0.3 is 9.22 Å². The number of pyridine rings is 1. The molecule has 1 aliphatic carbocycles. The molecule has 3 aliphatic rings. The number of fused-ring (bicyclic) bond motifs is 1. The van der Waals surface area contributed by atoms with Crippen LogP contribution in [0.2, 0.25) is 0 Å². The second-order valence-corrected chi connectivity index (χ2v) is 9.61. The lowest BCUT2D eigenvalue weighted by molar-refractivity contribution is -0.965. The van der Waals surface area contributed by atoms with E-state index in [-0.39, 0.29) is 6.10 Å². The fraction of sp³-hybridized carbons (Fsp3) is 0.423. The first-order valence-electron chi connectivity index (χ1n) is 11.1. The third-order valence-electron chi connectivity index (χ3n) is 8.52. The average molecular weight is 386 g/mol. The molecule has 148 valence electrons.